The summed E-state index contributed by atoms with van der Waals surface area (Å²) in [5.41, 5.74) is 4.45. The number of rotatable bonds is 6. The van der Waals surface area contributed by atoms with E-state index in [4.69, 9.17) is 9.47 Å². The molecule has 3 aromatic rings. The van der Waals surface area contributed by atoms with E-state index >= 15 is 0 Å². The number of anilines is 1. The van der Waals surface area contributed by atoms with Crippen molar-refractivity contribution in [3.05, 3.63) is 54.4 Å². The first-order valence-electron chi connectivity index (χ1n) is 9.45. The number of piperazine rings is 1. The third kappa shape index (κ3) is 3.85. The first-order valence-corrected chi connectivity index (χ1v) is 9.45. The van der Waals surface area contributed by atoms with Crippen LogP contribution in [0.15, 0.2) is 48.8 Å². The molecule has 1 saturated heterocycles. The Morgan fingerprint density at radius 1 is 1.11 bits per heavy atom. The SMILES string of the molecule is COCCOC(=O)c1ccc2c(c1)ncn2-c1cccc(N2CCNCC2)c1. The normalized spacial score (nSPS) is 14.4. The number of fused-ring (bicyclic) bond motifs is 1. The monoisotopic (exact) mass is 380 g/mol. The predicted octanol–water partition coefficient (Wildman–Crippen LogP) is 2.24. The Kier molecular flexibility index (Phi) is 5.55. The third-order valence-electron chi connectivity index (χ3n) is 4.89. The fourth-order valence-corrected chi connectivity index (χ4v) is 3.41. The molecule has 1 aliphatic rings. The van der Waals surface area contributed by atoms with E-state index in [0.717, 1.165) is 42.9 Å². The molecule has 0 bridgehead atoms. The van der Waals surface area contributed by atoms with Crippen molar-refractivity contribution in [2.24, 2.45) is 0 Å². The van der Waals surface area contributed by atoms with Crippen LogP contribution in [-0.2, 0) is 9.47 Å². The molecule has 146 valence electrons. The number of hydrogen-bond donors (Lipinski definition) is 1. The van der Waals surface area contributed by atoms with Crippen molar-refractivity contribution in [2.75, 3.05) is 51.4 Å². The van der Waals surface area contributed by atoms with Crippen molar-refractivity contribution >= 4 is 22.7 Å². The van der Waals surface area contributed by atoms with Crippen molar-refractivity contribution in [1.82, 2.24) is 14.9 Å². The molecule has 0 aliphatic carbocycles. The molecule has 1 aliphatic heterocycles. The number of ether oxygens (including phenoxy) is 2. The highest BCUT2D eigenvalue weighted by molar-refractivity contribution is 5.94. The van der Waals surface area contributed by atoms with Crippen LogP contribution < -0.4 is 10.2 Å². The Bertz CT molecular complexity index is 963. The summed E-state index contributed by atoms with van der Waals surface area (Å²) in [7, 11) is 1.57. The second kappa shape index (κ2) is 8.41. The molecular formula is C21H24N4O3. The average Bonchev–Trinajstić information content (AvgIpc) is 3.18. The molecule has 0 atom stereocenters. The number of hydrogen-bond acceptors (Lipinski definition) is 6. The van der Waals surface area contributed by atoms with Crippen LogP contribution in [0.1, 0.15) is 10.4 Å². The number of imidazole rings is 1. The van der Waals surface area contributed by atoms with Crippen LogP contribution in [0.3, 0.4) is 0 Å². The first-order chi connectivity index (χ1) is 13.8. The van der Waals surface area contributed by atoms with Crippen LogP contribution in [0.5, 0.6) is 0 Å². The average molecular weight is 380 g/mol. The maximum atomic E-state index is 12.1. The zero-order valence-corrected chi connectivity index (χ0v) is 15.9. The van der Waals surface area contributed by atoms with Gasteiger partial charge in [0.15, 0.2) is 0 Å². The largest absolute Gasteiger partial charge is 0.460 e. The fraction of sp³-hybridized carbons (Fsp3) is 0.333. The van der Waals surface area contributed by atoms with E-state index < -0.39 is 0 Å². The third-order valence-corrected chi connectivity index (χ3v) is 4.89. The Morgan fingerprint density at radius 3 is 2.75 bits per heavy atom. The van der Waals surface area contributed by atoms with E-state index in [0.29, 0.717) is 12.2 Å². The number of aromatic nitrogens is 2. The molecule has 2 heterocycles. The molecular weight excluding hydrogens is 356 g/mol. The van der Waals surface area contributed by atoms with Gasteiger partial charge in [-0.3, -0.25) is 4.57 Å². The zero-order chi connectivity index (χ0) is 19.3. The summed E-state index contributed by atoms with van der Waals surface area (Å²) >= 11 is 0. The van der Waals surface area contributed by atoms with E-state index in [-0.39, 0.29) is 12.6 Å². The lowest BCUT2D eigenvalue weighted by Gasteiger charge is -2.29. The number of methoxy groups -OCH3 is 1. The number of carbonyl (C=O) groups excluding carboxylic acids is 1. The molecule has 0 saturated carbocycles. The van der Waals surface area contributed by atoms with Gasteiger partial charge in [0.2, 0.25) is 0 Å². The van der Waals surface area contributed by atoms with Crippen LogP contribution in [0.25, 0.3) is 16.7 Å². The van der Waals surface area contributed by atoms with Crippen molar-refractivity contribution in [1.29, 1.82) is 0 Å². The Morgan fingerprint density at radius 2 is 1.93 bits per heavy atom. The van der Waals surface area contributed by atoms with E-state index in [1.165, 1.54) is 5.69 Å². The molecule has 2 aromatic carbocycles. The zero-order valence-electron chi connectivity index (χ0n) is 15.9. The van der Waals surface area contributed by atoms with Gasteiger partial charge in [-0.15, -0.1) is 0 Å². The second-order valence-electron chi connectivity index (χ2n) is 6.70. The van der Waals surface area contributed by atoms with Crippen LogP contribution in [0.4, 0.5) is 5.69 Å². The van der Waals surface area contributed by atoms with E-state index in [2.05, 4.69) is 39.5 Å². The van der Waals surface area contributed by atoms with Gasteiger partial charge >= 0.3 is 5.97 Å². The highest BCUT2D eigenvalue weighted by Crippen LogP contribution is 2.24. The highest BCUT2D eigenvalue weighted by Gasteiger charge is 2.13. The minimum Gasteiger partial charge on any atom is -0.460 e. The Balaban J connectivity index is 1.59. The topological polar surface area (TPSA) is 68.6 Å². The summed E-state index contributed by atoms with van der Waals surface area (Å²) in [6, 6.07) is 13.9. The lowest BCUT2D eigenvalue weighted by molar-refractivity contribution is 0.0388. The predicted molar refractivity (Wildman–Crippen MR) is 108 cm³/mol. The molecule has 28 heavy (non-hydrogen) atoms. The van der Waals surface area contributed by atoms with Crippen molar-refractivity contribution in [3.63, 3.8) is 0 Å². The number of nitrogens with one attached hydrogen (secondary N) is 1. The van der Waals surface area contributed by atoms with Gasteiger partial charge in [-0.1, -0.05) is 6.07 Å². The first kappa shape index (κ1) is 18.5. The van der Waals surface area contributed by atoms with Gasteiger partial charge in [-0.25, -0.2) is 9.78 Å². The summed E-state index contributed by atoms with van der Waals surface area (Å²) in [5, 5.41) is 3.38. The summed E-state index contributed by atoms with van der Waals surface area (Å²) in [4.78, 5) is 19.0. The van der Waals surface area contributed by atoms with Gasteiger partial charge in [0, 0.05) is 44.7 Å². The second-order valence-corrected chi connectivity index (χ2v) is 6.70. The minimum atomic E-state index is -0.366. The van der Waals surface area contributed by atoms with Gasteiger partial charge in [0.25, 0.3) is 0 Å². The maximum Gasteiger partial charge on any atom is 0.338 e. The maximum absolute atomic E-state index is 12.1. The summed E-state index contributed by atoms with van der Waals surface area (Å²) < 4.78 is 12.1. The molecule has 7 nitrogen and oxygen atoms in total. The van der Waals surface area contributed by atoms with Gasteiger partial charge in [-0.2, -0.15) is 0 Å². The van der Waals surface area contributed by atoms with Crippen LogP contribution >= 0.6 is 0 Å². The fourth-order valence-electron chi connectivity index (χ4n) is 3.41. The molecule has 0 radical (unpaired) electrons. The molecule has 0 amide bonds. The molecule has 7 heteroatoms. The number of esters is 1. The number of benzene rings is 2. The molecule has 1 aromatic heterocycles. The van der Waals surface area contributed by atoms with Gasteiger partial charge < -0.3 is 19.7 Å². The smallest absolute Gasteiger partial charge is 0.338 e. The van der Waals surface area contributed by atoms with E-state index in [9.17, 15) is 4.79 Å². The molecule has 0 unspecified atom stereocenters. The van der Waals surface area contributed by atoms with Crippen LogP contribution in [0, 0.1) is 0 Å². The van der Waals surface area contributed by atoms with Crippen LogP contribution in [-0.4, -0.2) is 62.0 Å². The summed E-state index contributed by atoms with van der Waals surface area (Å²) in [6.07, 6.45) is 1.79. The van der Waals surface area contributed by atoms with Crippen molar-refractivity contribution in [3.8, 4) is 5.69 Å². The number of nitrogens with zero attached hydrogens (tertiary/aromatic N) is 3. The lowest BCUT2D eigenvalue weighted by atomic mass is 10.2. The van der Waals surface area contributed by atoms with Crippen molar-refractivity contribution in [2.45, 2.75) is 0 Å². The standard InChI is InChI=1S/C21H24N4O3/c1-27-11-12-28-21(26)16-5-6-20-19(13-16)23-15-25(20)18-4-2-3-17(14-18)24-9-7-22-8-10-24/h2-6,13-15,22H,7-12H2,1H3. The molecule has 1 fully saturated rings. The van der Waals surface area contributed by atoms with Crippen LogP contribution in [0.2, 0.25) is 0 Å². The van der Waals surface area contributed by atoms with Gasteiger partial charge in [-0.05, 0) is 36.4 Å². The Labute approximate surface area is 163 Å². The molecule has 0 spiro atoms. The van der Waals surface area contributed by atoms with Crippen molar-refractivity contribution < 1.29 is 14.3 Å². The van der Waals surface area contributed by atoms with E-state index in [1.807, 2.05) is 10.6 Å². The molecule has 1 N–H and O–H groups in total. The Hall–Kier alpha value is -2.90. The minimum absolute atomic E-state index is 0.237. The van der Waals surface area contributed by atoms with E-state index in [1.54, 1.807) is 25.6 Å². The number of carbonyl (C=O) groups is 1. The molecule has 4 rings (SSSR count). The van der Waals surface area contributed by atoms with Gasteiger partial charge in [0.05, 0.1) is 23.2 Å². The van der Waals surface area contributed by atoms with Gasteiger partial charge in [0.1, 0.15) is 12.9 Å². The quantitative estimate of drug-likeness (QED) is 0.523. The summed E-state index contributed by atoms with van der Waals surface area (Å²) in [6.45, 7) is 4.63. The lowest BCUT2D eigenvalue weighted by Crippen LogP contribution is -2.43. The summed E-state index contributed by atoms with van der Waals surface area (Å²) in [5.74, 6) is -0.366. The highest BCUT2D eigenvalue weighted by atomic mass is 16.6.